The fourth-order valence-corrected chi connectivity index (χ4v) is 4.50. The largest absolute Gasteiger partial charge is 0.377 e. The van der Waals surface area contributed by atoms with E-state index in [1.807, 2.05) is 42.3 Å². The molecule has 9 nitrogen and oxygen atoms in total. The first kappa shape index (κ1) is 19.8. The van der Waals surface area contributed by atoms with Crippen LogP contribution in [0.25, 0.3) is 11.5 Å². The van der Waals surface area contributed by atoms with E-state index in [4.69, 9.17) is 9.72 Å². The topological polar surface area (TPSA) is 93.5 Å². The van der Waals surface area contributed by atoms with E-state index < -0.39 is 16.8 Å². The fourth-order valence-electron chi connectivity index (χ4n) is 3.98. The lowest BCUT2D eigenvalue weighted by molar-refractivity contribution is -0.122. The maximum atomic E-state index is 13.4. The first-order valence-electron chi connectivity index (χ1n) is 9.96. The number of aryl methyl sites for hydroxylation is 1. The second kappa shape index (κ2) is 7.86. The molecule has 1 saturated heterocycles. The van der Waals surface area contributed by atoms with Crippen LogP contribution in [0.4, 0.5) is 11.5 Å². The summed E-state index contributed by atoms with van der Waals surface area (Å²) in [6, 6.07) is 8.91. The molecule has 1 amide bonds. The Morgan fingerprint density at radius 2 is 2.03 bits per heavy atom. The molecule has 2 aliphatic heterocycles. The molecule has 4 heterocycles. The molecule has 31 heavy (non-hydrogen) atoms. The van der Waals surface area contributed by atoms with Gasteiger partial charge in [-0.15, -0.1) is 0 Å². The highest BCUT2D eigenvalue weighted by Crippen LogP contribution is 2.37. The summed E-state index contributed by atoms with van der Waals surface area (Å²) in [7, 11) is 0.803. The summed E-state index contributed by atoms with van der Waals surface area (Å²) in [6.07, 6.45) is 5.07. The van der Waals surface area contributed by atoms with E-state index in [1.54, 1.807) is 28.2 Å². The average molecular weight is 439 g/mol. The average Bonchev–Trinajstić information content (AvgIpc) is 3.22. The summed E-state index contributed by atoms with van der Waals surface area (Å²) in [4.78, 5) is 27.2. The number of hydrogen-bond acceptors (Lipinski definition) is 7. The molecule has 1 fully saturated rings. The highest BCUT2D eigenvalue weighted by molar-refractivity contribution is 7.84. The third-order valence-corrected chi connectivity index (χ3v) is 6.57. The van der Waals surface area contributed by atoms with Crippen molar-refractivity contribution in [1.29, 1.82) is 0 Å². The Morgan fingerprint density at radius 1 is 1.23 bits per heavy atom. The second-order valence-corrected chi connectivity index (χ2v) is 8.93. The van der Waals surface area contributed by atoms with Crippen LogP contribution in [0.3, 0.4) is 0 Å². The number of carbonyl (C=O) groups excluding carboxylic acids is 1. The minimum absolute atomic E-state index is 0.0350. The van der Waals surface area contributed by atoms with Crippen LogP contribution in [0.15, 0.2) is 47.6 Å². The predicted molar refractivity (Wildman–Crippen MR) is 116 cm³/mol. The maximum absolute atomic E-state index is 13.4. The van der Waals surface area contributed by atoms with Crippen molar-refractivity contribution >= 4 is 28.2 Å². The van der Waals surface area contributed by atoms with Crippen molar-refractivity contribution < 1.29 is 13.7 Å². The third kappa shape index (κ3) is 3.51. The Balaban J connectivity index is 1.55. The van der Waals surface area contributed by atoms with E-state index in [0.717, 1.165) is 22.0 Å². The van der Waals surface area contributed by atoms with Gasteiger partial charge in [0.05, 0.1) is 26.0 Å². The van der Waals surface area contributed by atoms with E-state index in [-0.39, 0.29) is 5.91 Å². The Morgan fingerprint density at radius 3 is 2.74 bits per heavy atom. The molecule has 0 N–H and O–H groups in total. The summed E-state index contributed by atoms with van der Waals surface area (Å²) in [6.45, 7) is 1.84. The molecule has 0 aliphatic carbocycles. The number of nitrogens with zero attached hydrogens (tertiary/aromatic N) is 6. The molecule has 0 bridgehead atoms. The van der Waals surface area contributed by atoms with Crippen LogP contribution in [-0.2, 0) is 33.9 Å². The van der Waals surface area contributed by atoms with Crippen molar-refractivity contribution in [2.24, 2.45) is 7.05 Å². The van der Waals surface area contributed by atoms with Crippen molar-refractivity contribution in [3.05, 3.63) is 48.3 Å². The number of benzene rings is 1. The van der Waals surface area contributed by atoms with Gasteiger partial charge in [0.2, 0.25) is 0 Å². The number of hydrogen-bond donors (Lipinski definition) is 0. The molecule has 2 unspecified atom stereocenters. The van der Waals surface area contributed by atoms with Gasteiger partial charge in [0.15, 0.2) is 11.6 Å². The Labute approximate surface area is 182 Å². The molecule has 2 aromatic heterocycles. The Bertz CT molecular complexity index is 1160. The molecule has 2 atom stereocenters. The van der Waals surface area contributed by atoms with Crippen LogP contribution in [0.2, 0.25) is 0 Å². The second-order valence-electron chi connectivity index (χ2n) is 7.55. The molecule has 1 aromatic carbocycles. The molecule has 0 radical (unpaired) electrons. The summed E-state index contributed by atoms with van der Waals surface area (Å²) in [5.41, 5.74) is 2.42. The van der Waals surface area contributed by atoms with Gasteiger partial charge in [-0.05, 0) is 23.8 Å². The van der Waals surface area contributed by atoms with E-state index in [9.17, 15) is 9.00 Å². The maximum Gasteiger partial charge on any atom is 0.252 e. The van der Waals surface area contributed by atoms with Gasteiger partial charge in [0.1, 0.15) is 17.4 Å². The first-order valence-corrected chi connectivity index (χ1v) is 11.5. The van der Waals surface area contributed by atoms with Gasteiger partial charge < -0.3 is 14.5 Å². The van der Waals surface area contributed by atoms with Crippen LogP contribution >= 0.6 is 0 Å². The monoisotopic (exact) mass is 438 g/mol. The molecular weight excluding hydrogens is 416 g/mol. The zero-order chi connectivity index (χ0) is 21.5. The quantitative estimate of drug-likeness (QED) is 0.607. The van der Waals surface area contributed by atoms with Gasteiger partial charge >= 0.3 is 0 Å². The normalized spacial score (nSPS) is 19.2. The predicted octanol–water partition coefficient (Wildman–Crippen LogP) is 1.37. The van der Waals surface area contributed by atoms with Gasteiger partial charge in [0.25, 0.3) is 5.91 Å². The van der Waals surface area contributed by atoms with Crippen molar-refractivity contribution in [3.63, 3.8) is 0 Å². The van der Waals surface area contributed by atoms with Crippen LogP contribution in [0.5, 0.6) is 0 Å². The molecule has 160 valence electrons. The smallest absolute Gasteiger partial charge is 0.252 e. The lowest BCUT2D eigenvalue weighted by Crippen LogP contribution is -2.58. The van der Waals surface area contributed by atoms with E-state index >= 15 is 0 Å². The molecule has 0 saturated carbocycles. The van der Waals surface area contributed by atoms with Gasteiger partial charge in [-0.3, -0.25) is 13.7 Å². The standard InChI is InChI=1S/C21H22N6O3S/c1-25-16(7-8-23-25)19-22-11-17-20(24-19)26-9-10-30-13-18(26)21(28)27(17)12-14-3-5-15(6-4-14)31(2)29/h3-8,11,18H,9-10,12-13H2,1-2H3. The highest BCUT2D eigenvalue weighted by Gasteiger charge is 2.41. The molecule has 10 heteroatoms. The summed E-state index contributed by atoms with van der Waals surface area (Å²) in [5.74, 6) is 1.26. The Kier molecular flexibility index (Phi) is 5.03. The van der Waals surface area contributed by atoms with Gasteiger partial charge in [-0.1, -0.05) is 12.1 Å². The molecule has 2 aliphatic rings. The van der Waals surface area contributed by atoms with E-state index in [2.05, 4.69) is 10.1 Å². The first-order chi connectivity index (χ1) is 15.0. The van der Waals surface area contributed by atoms with Crippen molar-refractivity contribution in [1.82, 2.24) is 19.7 Å². The molecule has 3 aromatic rings. The van der Waals surface area contributed by atoms with Crippen LogP contribution in [-0.4, -0.2) is 61.9 Å². The number of rotatable bonds is 4. The number of ether oxygens (including phenoxy) is 1. The number of anilines is 2. The van der Waals surface area contributed by atoms with Gasteiger partial charge in [-0.25, -0.2) is 9.97 Å². The van der Waals surface area contributed by atoms with Crippen LogP contribution < -0.4 is 9.80 Å². The number of morpholine rings is 1. The van der Waals surface area contributed by atoms with E-state index in [1.165, 1.54) is 0 Å². The number of amides is 1. The molecule has 0 spiro atoms. The minimum atomic E-state index is -1.04. The summed E-state index contributed by atoms with van der Waals surface area (Å²) >= 11 is 0. The van der Waals surface area contributed by atoms with Crippen molar-refractivity contribution in [3.8, 4) is 11.5 Å². The van der Waals surface area contributed by atoms with Gasteiger partial charge in [0, 0.05) is 41.7 Å². The number of fused-ring (bicyclic) bond motifs is 3. The lowest BCUT2D eigenvalue weighted by Gasteiger charge is -2.43. The number of carbonyl (C=O) groups is 1. The summed E-state index contributed by atoms with van der Waals surface area (Å²) in [5, 5.41) is 4.21. The van der Waals surface area contributed by atoms with Crippen molar-refractivity contribution in [2.75, 3.05) is 35.8 Å². The lowest BCUT2D eigenvalue weighted by atomic mass is 10.1. The third-order valence-electron chi connectivity index (χ3n) is 5.64. The fraction of sp³-hybridized carbons (Fsp3) is 0.333. The van der Waals surface area contributed by atoms with E-state index in [0.29, 0.717) is 37.8 Å². The van der Waals surface area contributed by atoms with Gasteiger partial charge in [-0.2, -0.15) is 5.10 Å². The SMILES string of the molecule is Cn1nccc1-c1ncc2c(n1)N1CCOCC1C(=O)N2Cc1ccc(S(C)=O)cc1. The van der Waals surface area contributed by atoms with Crippen LogP contribution in [0.1, 0.15) is 5.56 Å². The van der Waals surface area contributed by atoms with Crippen LogP contribution in [0, 0.1) is 0 Å². The molecular formula is C21H22N6O3S. The van der Waals surface area contributed by atoms with Crippen molar-refractivity contribution in [2.45, 2.75) is 17.5 Å². The molecule has 5 rings (SSSR count). The number of aromatic nitrogens is 4. The Hall–Kier alpha value is -3.11. The highest BCUT2D eigenvalue weighted by atomic mass is 32.2. The summed E-state index contributed by atoms with van der Waals surface area (Å²) < 4.78 is 19.0. The zero-order valence-electron chi connectivity index (χ0n) is 17.3. The minimum Gasteiger partial charge on any atom is -0.377 e. The zero-order valence-corrected chi connectivity index (χ0v) is 18.1.